The minimum absolute atomic E-state index is 0.502. The number of amides is 1. The van der Waals surface area contributed by atoms with Gasteiger partial charge >= 0.3 is 6.09 Å². The first-order chi connectivity index (χ1) is 9.87. The van der Waals surface area contributed by atoms with Gasteiger partial charge in [0.05, 0.1) is 11.4 Å². The zero-order valence-electron chi connectivity index (χ0n) is 12.5. The van der Waals surface area contributed by atoms with Gasteiger partial charge in [0.2, 0.25) is 0 Å². The first-order valence-corrected chi connectivity index (χ1v) is 6.83. The van der Waals surface area contributed by atoms with E-state index in [1.54, 1.807) is 12.4 Å². The molecule has 0 aliphatic rings. The number of hydrogen-bond donors (Lipinski definition) is 2. The van der Waals surface area contributed by atoms with Crippen LogP contribution in [0, 0.1) is 6.92 Å². The maximum absolute atomic E-state index is 10.8. The molecule has 0 fully saturated rings. The summed E-state index contributed by atoms with van der Waals surface area (Å²) >= 11 is 0. The minimum Gasteiger partial charge on any atom is -0.465 e. The third-order valence-electron chi connectivity index (χ3n) is 3.25. The van der Waals surface area contributed by atoms with Gasteiger partial charge in [0.25, 0.3) is 0 Å². The third-order valence-corrected chi connectivity index (χ3v) is 3.25. The Bertz CT molecular complexity index is 620. The number of nitrogens with zero attached hydrogens (tertiary/aromatic N) is 3. The molecule has 0 unspecified atom stereocenters. The zero-order valence-corrected chi connectivity index (χ0v) is 12.5. The summed E-state index contributed by atoms with van der Waals surface area (Å²) in [5, 5.41) is 15.8. The van der Waals surface area contributed by atoms with Gasteiger partial charge in [-0.25, -0.2) is 4.79 Å². The average Bonchev–Trinajstić information content (AvgIpc) is 2.77. The van der Waals surface area contributed by atoms with Crippen molar-refractivity contribution in [2.24, 2.45) is 0 Å². The Morgan fingerprint density at radius 2 is 2.24 bits per heavy atom. The van der Waals surface area contributed by atoms with Crippen molar-refractivity contribution >= 4 is 6.09 Å². The van der Waals surface area contributed by atoms with Crippen LogP contribution in [-0.2, 0) is 6.54 Å². The van der Waals surface area contributed by atoms with Crippen LogP contribution in [0.1, 0.15) is 26.0 Å². The van der Waals surface area contributed by atoms with E-state index in [0.717, 1.165) is 17.0 Å². The molecule has 2 aromatic rings. The molecular formula is C15H20N4O2. The predicted octanol–water partition coefficient (Wildman–Crippen LogP) is 2.69. The number of aryl methyl sites for hydroxylation is 2. The highest BCUT2D eigenvalue weighted by Crippen LogP contribution is 2.21. The molecule has 2 rings (SSSR count). The maximum Gasteiger partial charge on any atom is 0.405 e. The normalized spacial score (nSPS) is 11.4. The zero-order chi connectivity index (χ0) is 15.5. The Morgan fingerprint density at radius 3 is 2.86 bits per heavy atom. The van der Waals surface area contributed by atoms with Gasteiger partial charge in [-0.2, -0.15) is 5.10 Å². The van der Waals surface area contributed by atoms with Crippen molar-refractivity contribution in [1.82, 2.24) is 20.1 Å². The molecule has 6 nitrogen and oxygen atoms in total. The quantitative estimate of drug-likeness (QED) is 0.886. The summed E-state index contributed by atoms with van der Waals surface area (Å²) in [6.45, 7) is 6.30. The first-order valence-electron chi connectivity index (χ1n) is 6.83. The molecule has 21 heavy (non-hydrogen) atoms. The summed E-state index contributed by atoms with van der Waals surface area (Å²) in [5.41, 5.74) is 2.42. The fraction of sp³-hybridized carbons (Fsp3) is 0.400. The number of hydrogen-bond acceptors (Lipinski definition) is 3. The summed E-state index contributed by atoms with van der Waals surface area (Å²) in [4.78, 5) is 14.9. The molecule has 0 saturated heterocycles. The van der Waals surface area contributed by atoms with E-state index in [-0.39, 0.29) is 0 Å². The van der Waals surface area contributed by atoms with E-state index in [2.05, 4.69) is 15.4 Å². The van der Waals surface area contributed by atoms with Gasteiger partial charge in [-0.15, -0.1) is 0 Å². The minimum atomic E-state index is -1.01. The van der Waals surface area contributed by atoms with Crippen LogP contribution >= 0.6 is 0 Å². The van der Waals surface area contributed by atoms with Crippen molar-refractivity contribution in [2.45, 2.75) is 39.3 Å². The molecule has 0 radical (unpaired) electrons. The Labute approximate surface area is 123 Å². The smallest absolute Gasteiger partial charge is 0.405 e. The van der Waals surface area contributed by atoms with Crippen LogP contribution in [0.25, 0.3) is 11.3 Å². The number of rotatable bonds is 5. The van der Waals surface area contributed by atoms with Gasteiger partial charge in [0, 0.05) is 30.0 Å². The number of carbonyl (C=O) groups is 1. The van der Waals surface area contributed by atoms with Crippen molar-refractivity contribution in [3.8, 4) is 11.3 Å². The molecule has 0 aliphatic carbocycles. The molecule has 6 heteroatoms. The molecular weight excluding hydrogens is 268 g/mol. The van der Waals surface area contributed by atoms with Gasteiger partial charge in [-0.05, 0) is 45.4 Å². The fourth-order valence-corrected chi connectivity index (χ4v) is 2.20. The van der Waals surface area contributed by atoms with Crippen LogP contribution in [0.5, 0.6) is 0 Å². The van der Waals surface area contributed by atoms with E-state index in [9.17, 15) is 4.79 Å². The highest BCUT2D eigenvalue weighted by Gasteiger charge is 2.21. The topological polar surface area (TPSA) is 80.0 Å². The summed E-state index contributed by atoms with van der Waals surface area (Å²) in [5.74, 6) is 0. The van der Waals surface area contributed by atoms with Crippen molar-refractivity contribution in [3.05, 3.63) is 36.3 Å². The van der Waals surface area contributed by atoms with Gasteiger partial charge < -0.3 is 10.4 Å². The van der Waals surface area contributed by atoms with Crippen molar-refractivity contribution in [3.63, 3.8) is 0 Å². The monoisotopic (exact) mass is 288 g/mol. The van der Waals surface area contributed by atoms with E-state index in [4.69, 9.17) is 5.11 Å². The summed E-state index contributed by atoms with van der Waals surface area (Å²) in [6, 6.07) is 5.88. The lowest BCUT2D eigenvalue weighted by molar-refractivity contribution is 0.179. The maximum atomic E-state index is 10.8. The molecule has 0 aromatic carbocycles. The van der Waals surface area contributed by atoms with Crippen LogP contribution in [0.4, 0.5) is 4.79 Å². The van der Waals surface area contributed by atoms with E-state index >= 15 is 0 Å². The number of pyridine rings is 1. The number of aromatic nitrogens is 3. The Morgan fingerprint density at radius 1 is 1.48 bits per heavy atom. The summed E-state index contributed by atoms with van der Waals surface area (Å²) in [7, 11) is 0. The van der Waals surface area contributed by atoms with Crippen LogP contribution < -0.4 is 5.32 Å². The second kappa shape index (κ2) is 5.95. The van der Waals surface area contributed by atoms with E-state index < -0.39 is 11.6 Å². The molecule has 2 N–H and O–H groups in total. The molecule has 1 amide bonds. The molecule has 0 bridgehead atoms. The first kappa shape index (κ1) is 15.0. The average molecular weight is 288 g/mol. The predicted molar refractivity (Wildman–Crippen MR) is 80.1 cm³/mol. The molecule has 2 aromatic heterocycles. The number of nitrogens with one attached hydrogen (secondary N) is 1. The van der Waals surface area contributed by atoms with Crippen LogP contribution in [-0.4, -0.2) is 31.5 Å². The van der Waals surface area contributed by atoms with Gasteiger partial charge in [0.1, 0.15) is 0 Å². The summed E-state index contributed by atoms with van der Waals surface area (Å²) < 4.78 is 1.90. The highest BCUT2D eigenvalue weighted by molar-refractivity contribution is 5.65. The van der Waals surface area contributed by atoms with Gasteiger partial charge in [-0.3, -0.25) is 9.67 Å². The lowest BCUT2D eigenvalue weighted by Gasteiger charge is -2.24. The standard InChI is InChI=1S/C15H20N4O2/c1-11-9-13(12-5-4-7-16-10-12)19(18-11)8-6-15(2,3)17-14(20)21/h4-5,7,9-10,17H,6,8H2,1-3H3,(H,20,21). The molecule has 112 valence electrons. The molecule has 0 aliphatic heterocycles. The third kappa shape index (κ3) is 4.05. The molecule has 2 heterocycles. The summed E-state index contributed by atoms with van der Waals surface area (Å²) in [6.07, 6.45) is 3.17. The molecule has 0 saturated carbocycles. The second-order valence-corrected chi connectivity index (χ2v) is 5.70. The Kier molecular flexibility index (Phi) is 4.26. The Hall–Kier alpha value is -2.37. The second-order valence-electron chi connectivity index (χ2n) is 5.70. The molecule has 0 spiro atoms. The lowest BCUT2D eigenvalue weighted by atomic mass is 10.0. The van der Waals surface area contributed by atoms with Gasteiger partial charge in [0.15, 0.2) is 0 Å². The van der Waals surface area contributed by atoms with E-state index in [0.29, 0.717) is 13.0 Å². The molecule has 0 atom stereocenters. The fourth-order valence-electron chi connectivity index (χ4n) is 2.20. The van der Waals surface area contributed by atoms with E-state index in [1.807, 2.05) is 43.7 Å². The van der Waals surface area contributed by atoms with Gasteiger partial charge in [-0.1, -0.05) is 0 Å². The lowest BCUT2D eigenvalue weighted by Crippen LogP contribution is -2.43. The van der Waals surface area contributed by atoms with Crippen molar-refractivity contribution in [2.75, 3.05) is 0 Å². The SMILES string of the molecule is Cc1cc(-c2cccnc2)n(CCC(C)(C)NC(=O)O)n1. The largest absolute Gasteiger partial charge is 0.465 e. The van der Waals surface area contributed by atoms with Crippen LogP contribution in [0.3, 0.4) is 0 Å². The van der Waals surface area contributed by atoms with Crippen LogP contribution in [0.2, 0.25) is 0 Å². The van der Waals surface area contributed by atoms with Crippen molar-refractivity contribution < 1.29 is 9.90 Å². The van der Waals surface area contributed by atoms with Crippen molar-refractivity contribution in [1.29, 1.82) is 0 Å². The Balaban J connectivity index is 2.16. The van der Waals surface area contributed by atoms with Crippen LogP contribution in [0.15, 0.2) is 30.6 Å². The highest BCUT2D eigenvalue weighted by atomic mass is 16.4. The van der Waals surface area contributed by atoms with E-state index in [1.165, 1.54) is 0 Å². The number of carboxylic acid groups (broad SMARTS) is 1.